The van der Waals surface area contributed by atoms with E-state index in [0.29, 0.717) is 25.5 Å². The lowest BCUT2D eigenvalue weighted by molar-refractivity contribution is 0.0945. The molecule has 0 saturated heterocycles. The first kappa shape index (κ1) is 24.9. The van der Waals surface area contributed by atoms with Crippen LogP contribution in [0.2, 0.25) is 0 Å². The Morgan fingerprint density at radius 3 is 2.61 bits per heavy atom. The van der Waals surface area contributed by atoms with Crippen LogP contribution >= 0.6 is 0 Å². The van der Waals surface area contributed by atoms with E-state index in [9.17, 15) is 4.79 Å². The second kappa shape index (κ2) is 12.0. The van der Waals surface area contributed by atoms with Crippen LogP contribution in [0.1, 0.15) is 46.0 Å². The molecular formula is C28H30N4O4. The van der Waals surface area contributed by atoms with Crippen molar-refractivity contribution in [3.8, 4) is 11.5 Å². The van der Waals surface area contributed by atoms with Crippen molar-refractivity contribution in [2.24, 2.45) is 0 Å². The lowest BCUT2D eigenvalue weighted by atomic mass is 10.1. The average Bonchev–Trinajstić information content (AvgIpc) is 3.41. The van der Waals surface area contributed by atoms with E-state index in [1.807, 2.05) is 48.5 Å². The third kappa shape index (κ3) is 6.28. The number of amides is 1. The SMILES string of the molecule is COc1ccc(CN(Cc2nc(C(=O)NCc3cccnc3)co2)C(C)c2ccccc2)c(OC)c1. The highest BCUT2D eigenvalue weighted by Gasteiger charge is 2.22. The largest absolute Gasteiger partial charge is 0.497 e. The number of nitrogens with zero attached hydrogens (tertiary/aromatic N) is 3. The van der Waals surface area contributed by atoms with Crippen LogP contribution in [-0.2, 0) is 19.6 Å². The second-order valence-electron chi connectivity index (χ2n) is 8.34. The van der Waals surface area contributed by atoms with Crippen molar-refractivity contribution < 1.29 is 18.7 Å². The molecule has 0 spiro atoms. The third-order valence-corrected chi connectivity index (χ3v) is 6.00. The van der Waals surface area contributed by atoms with Gasteiger partial charge in [0.25, 0.3) is 5.91 Å². The number of nitrogens with one attached hydrogen (secondary N) is 1. The van der Waals surface area contributed by atoms with E-state index < -0.39 is 0 Å². The Labute approximate surface area is 210 Å². The van der Waals surface area contributed by atoms with Crippen molar-refractivity contribution in [3.05, 3.63) is 108 Å². The number of carbonyl (C=O) groups excluding carboxylic acids is 1. The van der Waals surface area contributed by atoms with Gasteiger partial charge in [-0.15, -0.1) is 0 Å². The smallest absolute Gasteiger partial charge is 0.273 e. The zero-order valence-electron chi connectivity index (χ0n) is 20.7. The number of rotatable bonds is 11. The quantitative estimate of drug-likeness (QED) is 0.326. The number of pyridine rings is 1. The van der Waals surface area contributed by atoms with Gasteiger partial charge in [0.15, 0.2) is 5.69 Å². The molecule has 0 bridgehead atoms. The molecule has 1 atom stereocenters. The van der Waals surface area contributed by atoms with Gasteiger partial charge in [-0.3, -0.25) is 14.7 Å². The molecule has 0 radical (unpaired) electrons. The van der Waals surface area contributed by atoms with Gasteiger partial charge in [-0.05, 0) is 30.2 Å². The first-order valence-electron chi connectivity index (χ1n) is 11.7. The summed E-state index contributed by atoms with van der Waals surface area (Å²) in [5.74, 6) is 1.63. The number of carbonyl (C=O) groups is 1. The van der Waals surface area contributed by atoms with Crippen LogP contribution in [0.15, 0.2) is 83.7 Å². The fourth-order valence-corrected chi connectivity index (χ4v) is 3.91. The number of hydrogen-bond donors (Lipinski definition) is 1. The van der Waals surface area contributed by atoms with Crippen molar-refractivity contribution >= 4 is 5.91 Å². The first-order chi connectivity index (χ1) is 17.6. The molecule has 0 fully saturated rings. The molecule has 1 N–H and O–H groups in total. The van der Waals surface area contributed by atoms with Crippen LogP contribution in [-0.4, -0.2) is 35.0 Å². The fraction of sp³-hybridized carbons (Fsp3) is 0.250. The number of hydrogen-bond acceptors (Lipinski definition) is 7. The maximum Gasteiger partial charge on any atom is 0.273 e. The van der Waals surface area contributed by atoms with Crippen LogP contribution in [0.3, 0.4) is 0 Å². The van der Waals surface area contributed by atoms with Crippen molar-refractivity contribution in [2.45, 2.75) is 32.6 Å². The molecule has 2 aromatic heterocycles. The monoisotopic (exact) mass is 486 g/mol. The Hall–Kier alpha value is -4.17. The van der Waals surface area contributed by atoms with Gasteiger partial charge in [0.05, 0.1) is 20.8 Å². The van der Waals surface area contributed by atoms with Crippen molar-refractivity contribution in [2.75, 3.05) is 14.2 Å². The average molecular weight is 487 g/mol. The molecule has 4 rings (SSSR count). The van der Waals surface area contributed by atoms with Gasteiger partial charge in [-0.1, -0.05) is 42.5 Å². The molecule has 8 nitrogen and oxygen atoms in total. The summed E-state index contributed by atoms with van der Waals surface area (Å²) >= 11 is 0. The van der Waals surface area contributed by atoms with E-state index in [1.165, 1.54) is 6.26 Å². The highest BCUT2D eigenvalue weighted by molar-refractivity contribution is 5.91. The summed E-state index contributed by atoms with van der Waals surface area (Å²) in [5, 5.41) is 2.85. The summed E-state index contributed by atoms with van der Waals surface area (Å²) in [6.07, 6.45) is 4.80. The molecule has 0 aliphatic rings. The zero-order valence-corrected chi connectivity index (χ0v) is 20.7. The van der Waals surface area contributed by atoms with E-state index in [2.05, 4.69) is 39.2 Å². The van der Waals surface area contributed by atoms with Crippen LogP contribution in [0.5, 0.6) is 11.5 Å². The lowest BCUT2D eigenvalue weighted by Gasteiger charge is -2.29. The van der Waals surface area contributed by atoms with Crippen molar-refractivity contribution in [3.63, 3.8) is 0 Å². The second-order valence-corrected chi connectivity index (χ2v) is 8.34. The number of oxazole rings is 1. The maximum absolute atomic E-state index is 12.6. The minimum Gasteiger partial charge on any atom is -0.497 e. The van der Waals surface area contributed by atoms with E-state index in [0.717, 1.165) is 28.2 Å². The van der Waals surface area contributed by atoms with Gasteiger partial charge in [0.1, 0.15) is 17.8 Å². The van der Waals surface area contributed by atoms with Crippen molar-refractivity contribution in [1.82, 2.24) is 20.2 Å². The van der Waals surface area contributed by atoms with Gasteiger partial charge >= 0.3 is 0 Å². The third-order valence-electron chi connectivity index (χ3n) is 6.00. The van der Waals surface area contributed by atoms with Crippen LogP contribution < -0.4 is 14.8 Å². The van der Waals surface area contributed by atoms with Gasteiger partial charge in [0.2, 0.25) is 5.89 Å². The van der Waals surface area contributed by atoms with Gasteiger partial charge in [0, 0.05) is 43.2 Å². The van der Waals surface area contributed by atoms with Gasteiger partial charge in [-0.2, -0.15) is 0 Å². The van der Waals surface area contributed by atoms with Crippen LogP contribution in [0.25, 0.3) is 0 Å². The summed E-state index contributed by atoms with van der Waals surface area (Å²) < 4.78 is 16.7. The molecule has 0 aliphatic heterocycles. The van der Waals surface area contributed by atoms with E-state index in [-0.39, 0.29) is 17.6 Å². The Balaban J connectivity index is 1.52. The predicted molar refractivity (Wildman–Crippen MR) is 136 cm³/mol. The first-order valence-corrected chi connectivity index (χ1v) is 11.7. The Bertz CT molecular complexity index is 1260. The lowest BCUT2D eigenvalue weighted by Crippen LogP contribution is -2.27. The predicted octanol–water partition coefficient (Wildman–Crippen LogP) is 4.78. The summed E-state index contributed by atoms with van der Waals surface area (Å²) in [6.45, 7) is 3.48. The number of ether oxygens (including phenoxy) is 2. The Kier molecular flexibility index (Phi) is 8.31. The van der Waals surface area contributed by atoms with Crippen LogP contribution in [0.4, 0.5) is 0 Å². The number of benzene rings is 2. The van der Waals surface area contributed by atoms with Gasteiger partial charge < -0.3 is 19.2 Å². The molecule has 0 saturated carbocycles. The Morgan fingerprint density at radius 1 is 1.06 bits per heavy atom. The molecule has 2 aromatic carbocycles. The summed E-state index contributed by atoms with van der Waals surface area (Å²) in [5.41, 5.74) is 3.31. The number of methoxy groups -OCH3 is 2. The molecule has 4 aromatic rings. The van der Waals surface area contributed by atoms with Gasteiger partial charge in [-0.25, -0.2) is 4.98 Å². The molecule has 186 valence electrons. The fourth-order valence-electron chi connectivity index (χ4n) is 3.91. The summed E-state index contributed by atoms with van der Waals surface area (Å²) in [4.78, 5) is 23.4. The molecule has 2 heterocycles. The van der Waals surface area contributed by atoms with Crippen LogP contribution in [0, 0.1) is 0 Å². The maximum atomic E-state index is 12.6. The highest BCUT2D eigenvalue weighted by atomic mass is 16.5. The molecule has 8 heteroatoms. The standard InChI is InChI=1S/C28H30N4O4/c1-20(22-9-5-4-6-10-22)32(17-23-11-12-24(34-2)14-26(23)35-3)18-27-31-25(19-36-27)28(33)30-16-21-8-7-13-29-15-21/h4-15,19-20H,16-18H2,1-3H3,(H,30,33). The van der Waals surface area contributed by atoms with E-state index >= 15 is 0 Å². The molecule has 0 aliphatic carbocycles. The van der Waals surface area contributed by atoms with E-state index in [4.69, 9.17) is 13.9 Å². The topological polar surface area (TPSA) is 89.7 Å². The normalized spacial score (nSPS) is 11.8. The molecular weight excluding hydrogens is 456 g/mol. The molecule has 1 unspecified atom stereocenters. The minimum atomic E-state index is -0.298. The summed E-state index contributed by atoms with van der Waals surface area (Å²) in [7, 11) is 3.28. The molecule has 36 heavy (non-hydrogen) atoms. The zero-order chi connectivity index (χ0) is 25.3. The minimum absolute atomic E-state index is 0.0489. The van der Waals surface area contributed by atoms with E-state index in [1.54, 1.807) is 26.6 Å². The van der Waals surface area contributed by atoms with Crippen molar-refractivity contribution in [1.29, 1.82) is 0 Å². The molecule has 1 amide bonds. The summed E-state index contributed by atoms with van der Waals surface area (Å²) in [6, 6.07) is 19.8. The number of aromatic nitrogens is 2. The Morgan fingerprint density at radius 2 is 1.89 bits per heavy atom. The highest BCUT2D eigenvalue weighted by Crippen LogP contribution is 2.30.